The van der Waals surface area contributed by atoms with E-state index in [4.69, 9.17) is 12.2 Å². The molecule has 1 aromatic rings. The van der Waals surface area contributed by atoms with Crippen LogP contribution in [0, 0.1) is 10.7 Å². The summed E-state index contributed by atoms with van der Waals surface area (Å²) in [6.07, 6.45) is 2.24. The summed E-state index contributed by atoms with van der Waals surface area (Å²) in [5.41, 5.74) is 2.62. The Hall–Kier alpha value is -1.17. The minimum Gasteiger partial charge on any atom is -0.273 e. The Morgan fingerprint density at radius 2 is 2.62 bits per heavy atom. The Balaban J connectivity index is 2.65. The lowest BCUT2D eigenvalue weighted by molar-refractivity contribution is -0.120. The van der Waals surface area contributed by atoms with Crippen molar-refractivity contribution in [3.05, 3.63) is 11.1 Å². The van der Waals surface area contributed by atoms with Crippen LogP contribution in [0.2, 0.25) is 0 Å². The van der Waals surface area contributed by atoms with Crippen molar-refractivity contribution in [1.82, 2.24) is 14.9 Å². The summed E-state index contributed by atoms with van der Waals surface area (Å²) in [5, 5.41) is 6.22. The molecule has 0 aliphatic rings. The first-order valence-electron chi connectivity index (χ1n) is 4.08. The molecule has 1 unspecified atom stereocenters. The summed E-state index contributed by atoms with van der Waals surface area (Å²) in [5.74, 6) is -0.0724. The van der Waals surface area contributed by atoms with E-state index in [0.717, 1.165) is 6.42 Å². The number of aromatic amines is 1. The first kappa shape index (κ1) is 9.91. The minimum absolute atomic E-state index is 0.0169. The Labute approximate surface area is 81.1 Å². The quantitative estimate of drug-likeness (QED) is 0.717. The van der Waals surface area contributed by atoms with E-state index in [1.54, 1.807) is 0 Å². The molecule has 1 rings (SSSR count). The standard InChI is InChI=1S/C7H12N4OS/c1-3-5(2)6(12)10-11-4-8-9-7(11)13/h4-5H,3H2,1-2H3,(H,9,13)(H,10,12). The molecule has 5 nitrogen and oxygen atoms in total. The van der Waals surface area contributed by atoms with Crippen LogP contribution in [-0.2, 0) is 4.79 Å². The second-order valence-corrected chi connectivity index (χ2v) is 3.20. The van der Waals surface area contributed by atoms with E-state index in [0.29, 0.717) is 4.77 Å². The van der Waals surface area contributed by atoms with E-state index in [2.05, 4.69) is 15.6 Å². The topological polar surface area (TPSA) is 62.7 Å². The van der Waals surface area contributed by atoms with Gasteiger partial charge in [-0.15, -0.1) is 0 Å². The molecule has 72 valence electrons. The van der Waals surface area contributed by atoms with Crippen LogP contribution in [0.5, 0.6) is 0 Å². The van der Waals surface area contributed by atoms with Crippen LogP contribution in [0.4, 0.5) is 0 Å². The normalized spacial score (nSPS) is 12.5. The molecular formula is C7H12N4OS. The summed E-state index contributed by atoms with van der Waals surface area (Å²) in [6.45, 7) is 3.82. The van der Waals surface area contributed by atoms with Gasteiger partial charge < -0.3 is 0 Å². The van der Waals surface area contributed by atoms with Gasteiger partial charge in [-0.3, -0.25) is 15.3 Å². The van der Waals surface area contributed by atoms with Gasteiger partial charge in [0.1, 0.15) is 6.33 Å². The second kappa shape index (κ2) is 4.18. The van der Waals surface area contributed by atoms with Crippen molar-refractivity contribution in [2.24, 2.45) is 5.92 Å². The number of hydrogen-bond acceptors (Lipinski definition) is 3. The average Bonchev–Trinajstić information content (AvgIpc) is 2.50. The van der Waals surface area contributed by atoms with Crippen LogP contribution in [0.1, 0.15) is 20.3 Å². The zero-order chi connectivity index (χ0) is 9.84. The molecular weight excluding hydrogens is 188 g/mol. The number of carbonyl (C=O) groups is 1. The lowest BCUT2D eigenvalue weighted by atomic mass is 10.1. The number of amides is 1. The van der Waals surface area contributed by atoms with E-state index in [1.165, 1.54) is 11.0 Å². The molecule has 0 fully saturated rings. The van der Waals surface area contributed by atoms with Gasteiger partial charge in [0.05, 0.1) is 0 Å². The van der Waals surface area contributed by atoms with E-state index in [9.17, 15) is 4.79 Å². The maximum atomic E-state index is 11.4. The van der Waals surface area contributed by atoms with Gasteiger partial charge in [-0.1, -0.05) is 13.8 Å². The van der Waals surface area contributed by atoms with Gasteiger partial charge >= 0.3 is 0 Å². The molecule has 0 saturated heterocycles. The number of rotatable bonds is 3. The highest BCUT2D eigenvalue weighted by molar-refractivity contribution is 7.71. The maximum absolute atomic E-state index is 11.4. The van der Waals surface area contributed by atoms with Crippen molar-refractivity contribution in [1.29, 1.82) is 0 Å². The van der Waals surface area contributed by atoms with Crippen molar-refractivity contribution in [3.63, 3.8) is 0 Å². The van der Waals surface area contributed by atoms with Crippen molar-refractivity contribution in [3.8, 4) is 0 Å². The molecule has 0 aromatic carbocycles. The maximum Gasteiger partial charge on any atom is 0.241 e. The van der Waals surface area contributed by atoms with E-state index in [1.807, 2.05) is 13.8 Å². The first-order valence-corrected chi connectivity index (χ1v) is 4.49. The number of hydrogen-bond donors (Lipinski definition) is 2. The van der Waals surface area contributed by atoms with Crippen LogP contribution >= 0.6 is 12.2 Å². The summed E-state index contributed by atoms with van der Waals surface area (Å²) >= 11 is 4.86. The largest absolute Gasteiger partial charge is 0.273 e. The van der Waals surface area contributed by atoms with Gasteiger partial charge in [-0.2, -0.15) is 5.10 Å². The van der Waals surface area contributed by atoms with Gasteiger partial charge in [0.25, 0.3) is 0 Å². The smallest absolute Gasteiger partial charge is 0.241 e. The minimum atomic E-state index is -0.0556. The molecule has 0 saturated carbocycles. The molecule has 13 heavy (non-hydrogen) atoms. The molecule has 2 N–H and O–H groups in total. The van der Waals surface area contributed by atoms with Gasteiger partial charge in [-0.05, 0) is 18.6 Å². The van der Waals surface area contributed by atoms with Crippen molar-refractivity contribution in [2.75, 3.05) is 5.43 Å². The van der Waals surface area contributed by atoms with Crippen molar-refractivity contribution < 1.29 is 4.79 Å². The molecule has 1 amide bonds. The number of carbonyl (C=O) groups excluding carboxylic acids is 1. The van der Waals surface area contributed by atoms with Gasteiger partial charge in [0.15, 0.2) is 0 Å². The van der Waals surface area contributed by atoms with E-state index >= 15 is 0 Å². The molecule has 0 radical (unpaired) electrons. The SMILES string of the molecule is CCC(C)C(=O)Nn1cn[nH]c1=S. The van der Waals surface area contributed by atoms with Crippen LogP contribution < -0.4 is 5.43 Å². The summed E-state index contributed by atoms with van der Waals surface area (Å²) < 4.78 is 1.78. The molecule has 1 aromatic heterocycles. The fourth-order valence-electron chi connectivity index (χ4n) is 0.742. The van der Waals surface area contributed by atoms with Crippen LogP contribution in [0.25, 0.3) is 0 Å². The zero-order valence-corrected chi connectivity index (χ0v) is 8.39. The second-order valence-electron chi connectivity index (χ2n) is 2.82. The van der Waals surface area contributed by atoms with E-state index in [-0.39, 0.29) is 11.8 Å². The van der Waals surface area contributed by atoms with Gasteiger partial charge in [0.2, 0.25) is 10.7 Å². The third kappa shape index (κ3) is 2.38. The lowest BCUT2D eigenvalue weighted by Crippen LogP contribution is -2.27. The summed E-state index contributed by atoms with van der Waals surface area (Å²) in [7, 11) is 0. The van der Waals surface area contributed by atoms with Gasteiger partial charge in [-0.25, -0.2) is 4.68 Å². The fourth-order valence-corrected chi connectivity index (χ4v) is 0.888. The third-order valence-electron chi connectivity index (χ3n) is 1.84. The van der Waals surface area contributed by atoms with Gasteiger partial charge in [0, 0.05) is 5.92 Å². The Morgan fingerprint density at radius 1 is 1.92 bits per heavy atom. The summed E-state index contributed by atoms with van der Waals surface area (Å²) in [4.78, 5) is 11.4. The average molecular weight is 200 g/mol. The molecule has 6 heteroatoms. The van der Waals surface area contributed by atoms with Crippen molar-refractivity contribution in [2.45, 2.75) is 20.3 Å². The molecule has 1 heterocycles. The third-order valence-corrected chi connectivity index (χ3v) is 2.13. The predicted molar refractivity (Wildman–Crippen MR) is 51.2 cm³/mol. The number of nitrogens with zero attached hydrogens (tertiary/aromatic N) is 2. The number of nitrogens with one attached hydrogen (secondary N) is 2. The molecule has 1 atom stereocenters. The predicted octanol–water partition coefficient (Wildman–Crippen LogP) is 1.06. The summed E-state index contributed by atoms with van der Waals surface area (Å²) in [6, 6.07) is 0. The molecule has 0 spiro atoms. The highest BCUT2D eigenvalue weighted by atomic mass is 32.1. The highest BCUT2D eigenvalue weighted by Gasteiger charge is 2.10. The van der Waals surface area contributed by atoms with Crippen molar-refractivity contribution >= 4 is 18.1 Å². The molecule has 0 aliphatic heterocycles. The zero-order valence-electron chi connectivity index (χ0n) is 7.57. The molecule has 0 aliphatic carbocycles. The van der Waals surface area contributed by atoms with Crippen LogP contribution in [0.3, 0.4) is 0 Å². The number of H-pyrrole nitrogens is 1. The fraction of sp³-hybridized carbons (Fsp3) is 0.571. The number of aromatic nitrogens is 3. The Kier molecular flexibility index (Phi) is 3.18. The first-order chi connectivity index (χ1) is 6.15. The monoisotopic (exact) mass is 200 g/mol. The van der Waals surface area contributed by atoms with E-state index < -0.39 is 0 Å². The molecule has 0 bridgehead atoms. The van der Waals surface area contributed by atoms with Crippen LogP contribution in [0.15, 0.2) is 6.33 Å². The van der Waals surface area contributed by atoms with Crippen LogP contribution in [-0.4, -0.2) is 20.8 Å². The Bertz CT molecular complexity index is 342. The highest BCUT2D eigenvalue weighted by Crippen LogP contribution is 2.00. The lowest BCUT2D eigenvalue weighted by Gasteiger charge is -2.08. The Morgan fingerprint density at radius 3 is 3.08 bits per heavy atom.